The van der Waals surface area contributed by atoms with E-state index in [1.807, 2.05) is 89.8 Å². The van der Waals surface area contributed by atoms with Gasteiger partial charge in [-0.25, -0.2) is 19.5 Å². The Morgan fingerprint density at radius 1 is 0.844 bits per heavy atom. The lowest BCUT2D eigenvalue weighted by Crippen LogP contribution is -2.57. The molecule has 0 bridgehead atoms. The number of hydrogen-bond acceptors (Lipinski definition) is 12. The van der Waals surface area contributed by atoms with Crippen LogP contribution < -0.4 is 20.3 Å². The van der Waals surface area contributed by atoms with Gasteiger partial charge in [-0.15, -0.1) is 0 Å². The Hall–Kier alpha value is -6.94. The van der Waals surface area contributed by atoms with Crippen molar-refractivity contribution in [2.45, 2.75) is 49.5 Å². The zero-order chi connectivity index (χ0) is 44.7. The maximum absolute atomic E-state index is 16.3. The van der Waals surface area contributed by atoms with Gasteiger partial charge < -0.3 is 30.0 Å². The molecule has 6 aromatic rings. The van der Waals surface area contributed by atoms with E-state index in [0.29, 0.717) is 28.0 Å². The molecule has 0 radical (unpaired) electrons. The molecule has 1 aromatic heterocycles. The summed E-state index contributed by atoms with van der Waals surface area (Å²) in [6.07, 6.45) is -0.926. The minimum absolute atomic E-state index is 0.0270. The molecule has 0 aliphatic carbocycles. The van der Waals surface area contributed by atoms with Crippen LogP contribution in [0.4, 0.5) is 15.6 Å². The minimum atomic E-state index is -2.04. The first-order chi connectivity index (χ1) is 31.1. The van der Waals surface area contributed by atoms with Gasteiger partial charge in [0.2, 0.25) is 11.8 Å². The number of aromatic nitrogens is 1. The third kappa shape index (κ3) is 7.05. The third-order valence-electron chi connectivity index (χ3n) is 12.3. The Balaban J connectivity index is 1.33. The number of nitrogens with one attached hydrogen (secondary N) is 2. The van der Waals surface area contributed by atoms with Crippen molar-refractivity contribution in [2.75, 3.05) is 30.5 Å². The minimum Gasteiger partial charge on any atom is -0.491 e. The number of carbonyl (C=O) groups is 5. The number of morpholine rings is 1. The molecule has 5 aromatic carbocycles. The summed E-state index contributed by atoms with van der Waals surface area (Å²) in [6.45, 7) is 3.18. The van der Waals surface area contributed by atoms with E-state index in [4.69, 9.17) is 19.2 Å². The van der Waals surface area contributed by atoms with E-state index in [9.17, 15) is 14.7 Å². The lowest BCUT2D eigenvalue weighted by Gasteiger charge is -2.46. The number of imide groups is 1. The second-order valence-electron chi connectivity index (χ2n) is 16.2. The highest BCUT2D eigenvalue weighted by Crippen LogP contribution is 2.66. The molecule has 2 fully saturated rings. The van der Waals surface area contributed by atoms with E-state index < -0.39 is 77.3 Å². The monoisotopic (exact) mass is 879 g/mol. The van der Waals surface area contributed by atoms with E-state index in [2.05, 4.69) is 10.6 Å². The summed E-state index contributed by atoms with van der Waals surface area (Å²) in [6, 6.07) is 34.4. The van der Waals surface area contributed by atoms with E-state index in [-0.39, 0.29) is 24.0 Å². The molecule has 9 rings (SSSR count). The topological polar surface area (TPSA) is 177 Å². The second-order valence-corrected chi connectivity index (χ2v) is 17.3. The maximum Gasteiger partial charge on any atom is 0.329 e. The Kier molecular flexibility index (Phi) is 11.5. The molecular weight excluding hydrogens is 835 g/mol. The molecule has 64 heavy (non-hydrogen) atoms. The number of aliphatic hydroxyl groups excluding tert-OH is 1. The van der Waals surface area contributed by atoms with Gasteiger partial charge >= 0.3 is 18.0 Å². The molecule has 2 saturated heterocycles. The standard InChI is InChI=1S/C49H45N5O9S/c1-28(2)38(44(57)61-3)51-48(60)53-35-23-12-10-21-33(35)49(46(53)59)37(43(56)52-47-50-34-22-11-13-24-36(34)64-47)40-45(58)63-41(30-17-8-5-9-18-30)39(29-15-6-4-7-16-29)54(40)42(49)31-19-14-20-32(27-31)62-26-25-55/h4-24,27-28,37-42,55H,25-26H2,1-3H3,(H,51,60)(H,50,52,56). The van der Waals surface area contributed by atoms with Gasteiger partial charge in [0, 0.05) is 0 Å². The Bertz CT molecular complexity index is 2720. The van der Waals surface area contributed by atoms with Crippen LogP contribution in [0.2, 0.25) is 0 Å². The first-order valence-corrected chi connectivity index (χ1v) is 21.8. The number of carbonyl (C=O) groups excluding carboxylic acids is 5. The van der Waals surface area contributed by atoms with Crippen molar-refractivity contribution < 1.29 is 43.3 Å². The summed E-state index contributed by atoms with van der Waals surface area (Å²) in [5, 5.41) is 15.7. The highest BCUT2D eigenvalue weighted by Gasteiger charge is 2.75. The lowest BCUT2D eigenvalue weighted by molar-refractivity contribution is -0.177. The Morgan fingerprint density at radius 2 is 1.52 bits per heavy atom. The van der Waals surface area contributed by atoms with E-state index in [0.717, 1.165) is 15.2 Å². The predicted molar refractivity (Wildman–Crippen MR) is 238 cm³/mol. The lowest BCUT2D eigenvalue weighted by atomic mass is 9.65. The number of nitrogens with zero attached hydrogens (tertiary/aromatic N) is 3. The van der Waals surface area contributed by atoms with Gasteiger partial charge in [-0.05, 0) is 58.5 Å². The van der Waals surface area contributed by atoms with Gasteiger partial charge in [-0.1, -0.05) is 128 Å². The van der Waals surface area contributed by atoms with E-state index >= 15 is 14.4 Å². The van der Waals surface area contributed by atoms with Crippen LogP contribution in [-0.4, -0.2) is 77.2 Å². The summed E-state index contributed by atoms with van der Waals surface area (Å²) in [7, 11) is 1.21. The van der Waals surface area contributed by atoms with Crippen LogP contribution in [0.5, 0.6) is 5.75 Å². The number of thiazole rings is 1. The molecule has 15 heteroatoms. The number of fused-ring (bicyclic) bond motifs is 4. The average Bonchev–Trinajstić information content (AvgIpc) is 3.96. The van der Waals surface area contributed by atoms with Crippen LogP contribution in [0.3, 0.4) is 0 Å². The Labute approximate surface area is 372 Å². The van der Waals surface area contributed by atoms with Crippen molar-refractivity contribution in [3.05, 3.63) is 156 Å². The number of benzene rings is 5. The number of anilines is 2. The highest BCUT2D eigenvalue weighted by molar-refractivity contribution is 7.22. The zero-order valence-electron chi connectivity index (χ0n) is 35.1. The predicted octanol–water partition coefficient (Wildman–Crippen LogP) is 6.88. The van der Waals surface area contributed by atoms with Gasteiger partial charge in [0.05, 0.1) is 47.6 Å². The molecule has 3 aliphatic heterocycles. The largest absolute Gasteiger partial charge is 0.491 e. The molecule has 3 N–H and O–H groups in total. The number of methoxy groups -OCH3 is 1. The molecule has 7 atom stereocenters. The molecule has 1 spiro atoms. The van der Waals surface area contributed by atoms with Crippen LogP contribution >= 0.6 is 11.3 Å². The number of para-hydroxylation sites is 2. The summed E-state index contributed by atoms with van der Waals surface area (Å²) in [5.41, 5.74) is 0.974. The third-order valence-corrected chi connectivity index (χ3v) is 13.3. The van der Waals surface area contributed by atoms with Gasteiger partial charge in [-0.2, -0.15) is 0 Å². The van der Waals surface area contributed by atoms with Gasteiger partial charge in [0.25, 0.3) is 0 Å². The van der Waals surface area contributed by atoms with Crippen LogP contribution in [0.1, 0.15) is 54.3 Å². The number of amides is 4. The fraction of sp³-hybridized carbons (Fsp3) is 0.265. The molecular formula is C49H45N5O9S. The number of ether oxygens (including phenoxy) is 3. The van der Waals surface area contributed by atoms with Crippen LogP contribution in [0.25, 0.3) is 10.2 Å². The maximum atomic E-state index is 16.3. The number of rotatable bonds is 11. The molecule has 4 amide bonds. The van der Waals surface area contributed by atoms with Crippen molar-refractivity contribution in [1.82, 2.24) is 15.2 Å². The first-order valence-electron chi connectivity index (χ1n) is 21.0. The Morgan fingerprint density at radius 3 is 2.22 bits per heavy atom. The van der Waals surface area contributed by atoms with Crippen molar-refractivity contribution in [3.8, 4) is 5.75 Å². The summed E-state index contributed by atoms with van der Waals surface area (Å²) >= 11 is 1.24. The molecule has 326 valence electrons. The molecule has 4 heterocycles. The van der Waals surface area contributed by atoms with E-state index in [1.54, 1.807) is 62.4 Å². The first kappa shape index (κ1) is 42.4. The van der Waals surface area contributed by atoms with Gasteiger partial charge in [-0.3, -0.25) is 19.3 Å². The normalized spacial score (nSPS) is 23.1. The van der Waals surface area contributed by atoms with Crippen LogP contribution in [0, 0.1) is 11.8 Å². The van der Waals surface area contributed by atoms with Crippen LogP contribution in [-0.2, 0) is 34.1 Å². The summed E-state index contributed by atoms with van der Waals surface area (Å²) in [4.78, 5) is 82.7. The second kappa shape index (κ2) is 17.3. The fourth-order valence-corrected chi connectivity index (χ4v) is 10.6. The molecule has 0 saturated carbocycles. The number of aliphatic hydroxyl groups is 1. The van der Waals surface area contributed by atoms with Crippen molar-refractivity contribution in [2.24, 2.45) is 11.8 Å². The smallest absolute Gasteiger partial charge is 0.329 e. The molecule has 3 aliphatic rings. The summed E-state index contributed by atoms with van der Waals surface area (Å²) < 4.78 is 18.3. The molecule has 7 unspecified atom stereocenters. The SMILES string of the molecule is COC(=O)C(NC(=O)N1C(=O)C2(c3ccccc31)C(C(=O)Nc1nc3ccccc3s1)C1C(=O)OC(c3ccccc3)C(c3ccccc3)N1C2c1cccc(OCCO)c1)C(C)C. The van der Waals surface area contributed by atoms with Gasteiger partial charge in [0.1, 0.15) is 36.0 Å². The quantitative estimate of drug-likeness (QED) is 0.116. The van der Waals surface area contributed by atoms with Crippen molar-refractivity contribution >= 4 is 62.2 Å². The number of urea groups is 1. The number of hydrogen-bond donors (Lipinski definition) is 3. The van der Waals surface area contributed by atoms with E-state index in [1.165, 1.54) is 18.4 Å². The van der Waals surface area contributed by atoms with Crippen molar-refractivity contribution in [1.29, 1.82) is 0 Å². The van der Waals surface area contributed by atoms with Crippen molar-refractivity contribution in [3.63, 3.8) is 0 Å². The number of cyclic esters (lactones) is 1. The van der Waals surface area contributed by atoms with Gasteiger partial charge in [0.15, 0.2) is 5.13 Å². The highest BCUT2D eigenvalue weighted by atomic mass is 32.1. The molecule has 14 nitrogen and oxygen atoms in total. The van der Waals surface area contributed by atoms with Crippen LogP contribution in [0.15, 0.2) is 133 Å². The zero-order valence-corrected chi connectivity index (χ0v) is 35.9. The summed E-state index contributed by atoms with van der Waals surface area (Å²) in [5.74, 6) is -4.60. The fourth-order valence-electron chi connectivity index (χ4n) is 9.73. The average molecular weight is 880 g/mol. The number of esters is 2.